The van der Waals surface area contributed by atoms with Crippen molar-refractivity contribution in [1.29, 1.82) is 0 Å². The van der Waals surface area contributed by atoms with Gasteiger partial charge in [0.2, 0.25) is 11.8 Å². The van der Waals surface area contributed by atoms with E-state index in [0.29, 0.717) is 24.0 Å². The summed E-state index contributed by atoms with van der Waals surface area (Å²) in [5.41, 5.74) is 0. The summed E-state index contributed by atoms with van der Waals surface area (Å²) >= 11 is 1.46. The Morgan fingerprint density at radius 3 is 3.00 bits per heavy atom. The predicted octanol–water partition coefficient (Wildman–Crippen LogP) is 1.65. The average Bonchev–Trinajstić information content (AvgIpc) is 2.97. The van der Waals surface area contributed by atoms with Gasteiger partial charge >= 0.3 is 0 Å². The summed E-state index contributed by atoms with van der Waals surface area (Å²) in [6.45, 7) is 3.34. The van der Waals surface area contributed by atoms with Gasteiger partial charge in [-0.2, -0.15) is 0 Å². The van der Waals surface area contributed by atoms with E-state index in [9.17, 15) is 9.59 Å². The van der Waals surface area contributed by atoms with Gasteiger partial charge in [0.05, 0.1) is 5.92 Å². The third kappa shape index (κ3) is 2.94. The number of aromatic nitrogens is 1. The SMILES string of the molecule is Cc1cnc(NC(=O)[C@@H]2CC(=O)N(CC3CC3)C2)s1. The van der Waals surface area contributed by atoms with Crippen LogP contribution in [0.2, 0.25) is 0 Å². The monoisotopic (exact) mass is 279 g/mol. The van der Waals surface area contributed by atoms with Gasteiger partial charge in [-0.15, -0.1) is 11.3 Å². The molecule has 0 radical (unpaired) electrons. The number of amides is 2. The fourth-order valence-electron chi connectivity index (χ4n) is 2.36. The van der Waals surface area contributed by atoms with Gasteiger partial charge in [0.15, 0.2) is 5.13 Å². The smallest absolute Gasteiger partial charge is 0.231 e. The maximum atomic E-state index is 12.1. The lowest BCUT2D eigenvalue weighted by Gasteiger charge is -2.15. The Morgan fingerprint density at radius 1 is 1.58 bits per heavy atom. The van der Waals surface area contributed by atoms with E-state index in [1.807, 2.05) is 11.8 Å². The highest BCUT2D eigenvalue weighted by Crippen LogP contribution is 2.32. The van der Waals surface area contributed by atoms with Gasteiger partial charge in [-0.1, -0.05) is 0 Å². The standard InChI is InChI=1S/C13H17N3O2S/c1-8-5-14-13(19-8)15-12(18)10-4-11(17)16(7-10)6-9-2-3-9/h5,9-10H,2-4,6-7H2,1H3,(H,14,15,18)/t10-/m1/s1. The molecule has 1 aromatic heterocycles. The molecule has 1 aromatic rings. The number of nitrogens with zero attached hydrogens (tertiary/aromatic N) is 2. The van der Waals surface area contributed by atoms with Crippen LogP contribution in [0.3, 0.4) is 0 Å². The van der Waals surface area contributed by atoms with E-state index in [0.717, 1.165) is 11.4 Å². The van der Waals surface area contributed by atoms with Gasteiger partial charge in [0, 0.05) is 30.6 Å². The second-order valence-electron chi connectivity index (χ2n) is 5.41. The first-order valence-corrected chi connectivity index (χ1v) is 7.44. The number of nitrogens with one attached hydrogen (secondary N) is 1. The molecule has 2 heterocycles. The quantitative estimate of drug-likeness (QED) is 0.911. The van der Waals surface area contributed by atoms with Crippen LogP contribution in [-0.2, 0) is 9.59 Å². The van der Waals surface area contributed by atoms with Gasteiger partial charge in [-0.3, -0.25) is 9.59 Å². The van der Waals surface area contributed by atoms with Crippen LogP contribution in [0.25, 0.3) is 0 Å². The van der Waals surface area contributed by atoms with Crippen LogP contribution in [0.1, 0.15) is 24.1 Å². The molecule has 5 nitrogen and oxygen atoms in total. The van der Waals surface area contributed by atoms with Crippen molar-refractivity contribution in [2.45, 2.75) is 26.2 Å². The third-order valence-electron chi connectivity index (χ3n) is 3.61. The molecule has 0 aromatic carbocycles. The molecule has 2 fully saturated rings. The topological polar surface area (TPSA) is 62.3 Å². The van der Waals surface area contributed by atoms with Gasteiger partial charge in [0.25, 0.3) is 0 Å². The highest BCUT2D eigenvalue weighted by Gasteiger charge is 2.37. The molecule has 102 valence electrons. The molecular weight excluding hydrogens is 262 g/mol. The van der Waals surface area contributed by atoms with E-state index in [2.05, 4.69) is 10.3 Å². The second-order valence-corrected chi connectivity index (χ2v) is 6.64. The first-order chi connectivity index (χ1) is 9.11. The second kappa shape index (κ2) is 4.92. The summed E-state index contributed by atoms with van der Waals surface area (Å²) in [5, 5.41) is 3.43. The fraction of sp³-hybridized carbons (Fsp3) is 0.615. The van der Waals surface area contributed by atoms with Gasteiger partial charge in [-0.25, -0.2) is 4.98 Å². The number of anilines is 1. The van der Waals surface area contributed by atoms with E-state index >= 15 is 0 Å². The van der Waals surface area contributed by atoms with E-state index in [4.69, 9.17) is 0 Å². The molecule has 0 unspecified atom stereocenters. The lowest BCUT2D eigenvalue weighted by molar-refractivity contribution is -0.128. The zero-order chi connectivity index (χ0) is 13.4. The third-order valence-corrected chi connectivity index (χ3v) is 4.44. The molecule has 1 aliphatic carbocycles. The minimum Gasteiger partial charge on any atom is -0.342 e. The Balaban J connectivity index is 1.57. The minimum atomic E-state index is -0.226. The number of thiazole rings is 1. The number of rotatable bonds is 4. The molecule has 2 aliphatic rings. The van der Waals surface area contributed by atoms with Crippen LogP contribution in [-0.4, -0.2) is 34.8 Å². The summed E-state index contributed by atoms with van der Waals surface area (Å²) in [7, 11) is 0. The molecule has 1 atom stereocenters. The first kappa shape index (κ1) is 12.6. The van der Waals surface area contributed by atoms with Crippen molar-refractivity contribution in [3.05, 3.63) is 11.1 Å². The van der Waals surface area contributed by atoms with Crippen molar-refractivity contribution < 1.29 is 9.59 Å². The van der Waals surface area contributed by atoms with E-state index < -0.39 is 0 Å². The Hall–Kier alpha value is -1.43. The van der Waals surface area contributed by atoms with E-state index in [1.165, 1.54) is 24.2 Å². The minimum absolute atomic E-state index is 0.0824. The summed E-state index contributed by atoms with van der Waals surface area (Å²) in [5.74, 6) is 0.478. The number of carbonyl (C=O) groups is 2. The number of hydrogen-bond donors (Lipinski definition) is 1. The zero-order valence-electron chi connectivity index (χ0n) is 10.9. The van der Waals surface area contributed by atoms with Crippen LogP contribution in [0.5, 0.6) is 0 Å². The Labute approximate surface area is 116 Å². The van der Waals surface area contributed by atoms with E-state index in [-0.39, 0.29) is 17.7 Å². The number of hydrogen-bond acceptors (Lipinski definition) is 4. The van der Waals surface area contributed by atoms with Crippen molar-refractivity contribution in [3.63, 3.8) is 0 Å². The Bertz CT molecular complexity index is 510. The van der Waals surface area contributed by atoms with Crippen LogP contribution in [0.4, 0.5) is 5.13 Å². The Morgan fingerprint density at radius 2 is 2.37 bits per heavy atom. The first-order valence-electron chi connectivity index (χ1n) is 6.63. The largest absolute Gasteiger partial charge is 0.342 e. The molecule has 0 spiro atoms. The highest BCUT2D eigenvalue weighted by atomic mass is 32.1. The molecule has 3 rings (SSSR count). The Kier molecular flexibility index (Phi) is 3.26. The maximum absolute atomic E-state index is 12.1. The molecule has 1 saturated carbocycles. The van der Waals surface area contributed by atoms with Crippen molar-refractivity contribution in [3.8, 4) is 0 Å². The van der Waals surface area contributed by atoms with Crippen LogP contribution < -0.4 is 5.32 Å². The lowest BCUT2D eigenvalue weighted by atomic mass is 10.1. The predicted molar refractivity (Wildman–Crippen MR) is 72.9 cm³/mol. The highest BCUT2D eigenvalue weighted by molar-refractivity contribution is 7.15. The number of carbonyl (C=O) groups excluding carboxylic acids is 2. The molecule has 1 aliphatic heterocycles. The summed E-state index contributed by atoms with van der Waals surface area (Å²) in [6.07, 6.45) is 4.51. The van der Waals surface area contributed by atoms with Gasteiger partial charge in [-0.05, 0) is 25.7 Å². The number of likely N-dealkylation sites (tertiary alicyclic amines) is 1. The molecule has 1 saturated heterocycles. The molecule has 2 amide bonds. The van der Waals surface area contributed by atoms with Crippen LogP contribution in [0, 0.1) is 18.8 Å². The fourth-order valence-corrected chi connectivity index (χ4v) is 3.02. The average molecular weight is 279 g/mol. The van der Waals surface area contributed by atoms with Crippen molar-refractivity contribution in [1.82, 2.24) is 9.88 Å². The molecule has 1 N–H and O–H groups in total. The van der Waals surface area contributed by atoms with Gasteiger partial charge in [0.1, 0.15) is 0 Å². The summed E-state index contributed by atoms with van der Waals surface area (Å²) in [6, 6.07) is 0. The van der Waals surface area contributed by atoms with Crippen molar-refractivity contribution in [2.75, 3.05) is 18.4 Å². The summed E-state index contributed by atoms with van der Waals surface area (Å²) in [4.78, 5) is 31.0. The van der Waals surface area contributed by atoms with Crippen LogP contribution in [0.15, 0.2) is 6.20 Å². The maximum Gasteiger partial charge on any atom is 0.231 e. The number of aryl methyl sites for hydroxylation is 1. The van der Waals surface area contributed by atoms with E-state index in [1.54, 1.807) is 6.20 Å². The van der Waals surface area contributed by atoms with Crippen molar-refractivity contribution >= 4 is 28.3 Å². The van der Waals surface area contributed by atoms with Crippen molar-refractivity contribution in [2.24, 2.45) is 11.8 Å². The molecule has 0 bridgehead atoms. The molecular formula is C13H17N3O2S. The molecule has 19 heavy (non-hydrogen) atoms. The molecule has 6 heteroatoms. The summed E-state index contributed by atoms with van der Waals surface area (Å²) < 4.78 is 0. The van der Waals surface area contributed by atoms with Gasteiger partial charge < -0.3 is 10.2 Å². The normalized spacial score (nSPS) is 22.9. The van der Waals surface area contributed by atoms with Crippen LogP contribution >= 0.6 is 11.3 Å². The zero-order valence-corrected chi connectivity index (χ0v) is 11.7. The lowest BCUT2D eigenvalue weighted by Crippen LogP contribution is -2.29.